The van der Waals surface area contributed by atoms with E-state index in [2.05, 4.69) is 10.2 Å². The number of aromatic nitrogens is 2. The molecule has 0 aliphatic carbocycles. The van der Waals surface area contributed by atoms with Crippen molar-refractivity contribution in [2.75, 3.05) is 13.2 Å². The third kappa shape index (κ3) is 6.04. The predicted molar refractivity (Wildman–Crippen MR) is 83.4 cm³/mol. The minimum atomic E-state index is -4.34. The summed E-state index contributed by atoms with van der Waals surface area (Å²) in [6.45, 7) is 4.83. The van der Waals surface area contributed by atoms with Crippen LogP contribution in [0.25, 0.3) is 0 Å². The maximum absolute atomic E-state index is 12.4. The van der Waals surface area contributed by atoms with Gasteiger partial charge in [-0.2, -0.15) is 13.2 Å². The Labute approximate surface area is 148 Å². The van der Waals surface area contributed by atoms with Crippen LogP contribution in [0.2, 0.25) is 0 Å². The molecule has 1 saturated heterocycles. The number of hydrogen-bond donors (Lipinski definition) is 1. The maximum atomic E-state index is 12.4. The summed E-state index contributed by atoms with van der Waals surface area (Å²) in [6, 6.07) is -0.790. The zero-order chi connectivity index (χ0) is 19.5. The van der Waals surface area contributed by atoms with E-state index in [1.54, 1.807) is 20.8 Å². The number of nitrogens with zero attached hydrogens (tertiary/aromatic N) is 3. The van der Waals surface area contributed by atoms with Crippen molar-refractivity contribution in [2.45, 2.75) is 63.9 Å². The lowest BCUT2D eigenvalue weighted by atomic mass is 9.99. The van der Waals surface area contributed by atoms with E-state index in [1.807, 2.05) is 0 Å². The number of carbonyl (C=O) groups excluding carboxylic acids is 1. The normalized spacial score (nSPS) is 21.6. The molecule has 1 aromatic heterocycles. The van der Waals surface area contributed by atoms with Crippen LogP contribution < -0.4 is 10.5 Å². The first-order valence-corrected chi connectivity index (χ1v) is 8.23. The molecule has 0 unspecified atom stereocenters. The zero-order valence-electron chi connectivity index (χ0n) is 14.9. The van der Waals surface area contributed by atoms with Crippen LogP contribution in [-0.4, -0.2) is 52.2 Å². The first-order chi connectivity index (χ1) is 11.9. The van der Waals surface area contributed by atoms with E-state index >= 15 is 0 Å². The van der Waals surface area contributed by atoms with E-state index in [0.717, 1.165) is 0 Å². The fourth-order valence-corrected chi connectivity index (χ4v) is 2.45. The molecule has 0 bridgehead atoms. The second-order valence-corrected chi connectivity index (χ2v) is 7.11. The molecule has 1 fully saturated rings. The number of halogens is 3. The summed E-state index contributed by atoms with van der Waals surface area (Å²) >= 11 is 0. The van der Waals surface area contributed by atoms with Gasteiger partial charge in [-0.05, 0) is 33.6 Å². The van der Waals surface area contributed by atoms with E-state index in [-0.39, 0.29) is 24.6 Å². The minimum absolute atomic E-state index is 0.0739. The van der Waals surface area contributed by atoms with E-state index in [1.165, 1.54) is 4.90 Å². The van der Waals surface area contributed by atoms with Crippen molar-refractivity contribution in [2.24, 2.45) is 5.73 Å². The van der Waals surface area contributed by atoms with Gasteiger partial charge >= 0.3 is 18.3 Å². The first kappa shape index (κ1) is 20.3. The maximum Gasteiger partial charge on any atom is 0.414 e. The van der Waals surface area contributed by atoms with Crippen LogP contribution in [0.4, 0.5) is 18.0 Å². The monoisotopic (exact) mass is 380 g/mol. The summed E-state index contributed by atoms with van der Waals surface area (Å²) in [6.07, 6.45) is -5.33. The van der Waals surface area contributed by atoms with Gasteiger partial charge in [-0.15, -0.1) is 5.10 Å². The summed E-state index contributed by atoms with van der Waals surface area (Å²) in [4.78, 5) is 13.8. The number of hydrogen-bond acceptors (Lipinski definition) is 7. The highest BCUT2D eigenvalue weighted by atomic mass is 19.4. The smallest absolute Gasteiger partial charge is 0.414 e. The van der Waals surface area contributed by atoms with Crippen molar-refractivity contribution >= 4 is 6.09 Å². The summed E-state index contributed by atoms with van der Waals surface area (Å²) in [5.41, 5.74) is 5.24. The van der Waals surface area contributed by atoms with Gasteiger partial charge < -0.3 is 19.6 Å². The van der Waals surface area contributed by atoms with Crippen molar-refractivity contribution in [3.8, 4) is 6.08 Å². The Morgan fingerprint density at radius 2 is 2.00 bits per heavy atom. The van der Waals surface area contributed by atoms with Crippen LogP contribution in [-0.2, 0) is 4.74 Å². The second kappa shape index (κ2) is 7.68. The number of piperidine rings is 1. The average molecular weight is 380 g/mol. The molecule has 11 heteroatoms. The fourth-order valence-electron chi connectivity index (χ4n) is 2.45. The molecule has 0 aromatic carbocycles. The molecule has 26 heavy (non-hydrogen) atoms. The molecule has 1 amide bonds. The molecule has 0 saturated carbocycles. The minimum Gasteiger partial charge on any atom is -0.449 e. The second-order valence-electron chi connectivity index (χ2n) is 7.11. The van der Waals surface area contributed by atoms with E-state index in [0.29, 0.717) is 12.8 Å². The van der Waals surface area contributed by atoms with Gasteiger partial charge in [0.05, 0.1) is 6.42 Å². The lowest BCUT2D eigenvalue weighted by molar-refractivity contribution is -0.140. The Kier molecular flexibility index (Phi) is 5.99. The Morgan fingerprint density at radius 3 is 2.62 bits per heavy atom. The largest absolute Gasteiger partial charge is 0.449 e. The van der Waals surface area contributed by atoms with Crippen molar-refractivity contribution < 1.29 is 31.9 Å². The van der Waals surface area contributed by atoms with E-state index in [9.17, 15) is 18.0 Å². The predicted octanol–water partition coefficient (Wildman–Crippen LogP) is 2.80. The molecule has 0 spiro atoms. The summed E-state index contributed by atoms with van der Waals surface area (Å²) in [5.74, 6) is 0.0739. The van der Waals surface area contributed by atoms with Crippen LogP contribution >= 0.6 is 0 Å². The third-order valence-electron chi connectivity index (χ3n) is 3.56. The van der Waals surface area contributed by atoms with Gasteiger partial charge in [0.25, 0.3) is 0 Å². The molecule has 2 rings (SSSR count). The lowest BCUT2D eigenvalue weighted by Crippen LogP contribution is -2.49. The van der Waals surface area contributed by atoms with Crippen LogP contribution in [0.15, 0.2) is 4.42 Å². The first-order valence-electron chi connectivity index (χ1n) is 8.23. The molecular weight excluding hydrogens is 357 g/mol. The Hall–Kier alpha value is -2.04. The molecule has 2 atom stereocenters. The number of alkyl halides is 3. The quantitative estimate of drug-likeness (QED) is 0.856. The number of rotatable bonds is 4. The van der Waals surface area contributed by atoms with E-state index in [4.69, 9.17) is 19.6 Å². The average Bonchev–Trinajstić information content (AvgIpc) is 2.92. The molecule has 0 radical (unpaired) electrons. The number of ether oxygens (including phenoxy) is 2. The number of amides is 1. The van der Waals surface area contributed by atoms with Gasteiger partial charge in [0, 0.05) is 12.6 Å². The third-order valence-corrected chi connectivity index (χ3v) is 3.56. The SMILES string of the molecule is CC(C)(C)OC(=O)N1C[C@@H](N)CC[C@@H]1c1nnc(OCCC(F)(F)F)o1. The molecule has 1 aliphatic rings. The molecule has 2 heterocycles. The molecule has 2 N–H and O–H groups in total. The lowest BCUT2D eigenvalue weighted by Gasteiger charge is -2.37. The van der Waals surface area contributed by atoms with Gasteiger partial charge in [0.2, 0.25) is 5.89 Å². The Morgan fingerprint density at radius 1 is 1.31 bits per heavy atom. The van der Waals surface area contributed by atoms with Crippen LogP contribution in [0.5, 0.6) is 6.08 Å². The van der Waals surface area contributed by atoms with Crippen LogP contribution in [0.3, 0.4) is 0 Å². The van der Waals surface area contributed by atoms with Gasteiger partial charge in [-0.1, -0.05) is 5.10 Å². The van der Waals surface area contributed by atoms with Crippen molar-refractivity contribution in [1.82, 2.24) is 15.1 Å². The highest BCUT2D eigenvalue weighted by molar-refractivity contribution is 5.69. The summed E-state index contributed by atoms with van der Waals surface area (Å²) in [5, 5.41) is 7.38. The molecule has 1 aromatic rings. The fraction of sp³-hybridized carbons (Fsp3) is 0.800. The highest BCUT2D eigenvalue weighted by Crippen LogP contribution is 2.32. The zero-order valence-corrected chi connectivity index (χ0v) is 14.9. The van der Waals surface area contributed by atoms with Gasteiger partial charge in [0.1, 0.15) is 18.2 Å². The summed E-state index contributed by atoms with van der Waals surface area (Å²) in [7, 11) is 0. The molecule has 8 nitrogen and oxygen atoms in total. The summed E-state index contributed by atoms with van der Waals surface area (Å²) < 4.78 is 51.9. The van der Waals surface area contributed by atoms with Crippen molar-refractivity contribution in [3.63, 3.8) is 0 Å². The van der Waals surface area contributed by atoms with Crippen LogP contribution in [0.1, 0.15) is 52.0 Å². The Bertz CT molecular complexity index is 615. The number of likely N-dealkylation sites (tertiary alicyclic amines) is 1. The number of nitrogens with two attached hydrogens (primary N) is 1. The van der Waals surface area contributed by atoms with Crippen molar-refractivity contribution in [3.05, 3.63) is 5.89 Å². The van der Waals surface area contributed by atoms with Gasteiger partial charge in [0.15, 0.2) is 0 Å². The van der Waals surface area contributed by atoms with Crippen LogP contribution in [0, 0.1) is 0 Å². The topological polar surface area (TPSA) is 104 Å². The molecule has 148 valence electrons. The van der Waals surface area contributed by atoms with Crippen molar-refractivity contribution in [1.29, 1.82) is 0 Å². The van der Waals surface area contributed by atoms with Gasteiger partial charge in [-0.3, -0.25) is 4.90 Å². The van der Waals surface area contributed by atoms with E-state index < -0.39 is 36.9 Å². The molecule has 1 aliphatic heterocycles. The van der Waals surface area contributed by atoms with Gasteiger partial charge in [-0.25, -0.2) is 4.79 Å². The Balaban J connectivity index is 2.06. The highest BCUT2D eigenvalue weighted by Gasteiger charge is 2.37. The number of carbonyl (C=O) groups is 1. The molecular formula is C15H23F3N4O4. The standard InChI is InChI=1S/C15H23F3N4O4/c1-14(2,3)26-13(23)22-8-9(19)4-5-10(22)11-20-21-12(25-11)24-7-6-15(16,17)18/h9-10H,4-8,19H2,1-3H3/t9-,10+/m0/s1.